The number of hydrogen-bond acceptors (Lipinski definition) is 1. The molecule has 14 heavy (non-hydrogen) atoms. The predicted molar refractivity (Wildman–Crippen MR) is 64.1 cm³/mol. The van der Waals surface area contributed by atoms with Gasteiger partial charge in [0.1, 0.15) is 0 Å². The van der Waals surface area contributed by atoms with E-state index in [-0.39, 0.29) is 0 Å². The lowest BCUT2D eigenvalue weighted by Gasteiger charge is -2.23. The molecule has 0 radical (unpaired) electrons. The summed E-state index contributed by atoms with van der Waals surface area (Å²) in [4.78, 5) is 2.43. The van der Waals surface area contributed by atoms with Crippen LogP contribution < -0.4 is 4.90 Å². The Morgan fingerprint density at radius 1 is 1.00 bits per heavy atom. The van der Waals surface area contributed by atoms with Crippen LogP contribution in [0.2, 0.25) is 0 Å². The topological polar surface area (TPSA) is 3.24 Å². The molecule has 1 rings (SSSR count). The molecule has 78 valence electrons. The summed E-state index contributed by atoms with van der Waals surface area (Å²) in [5.41, 5.74) is 4.08. The summed E-state index contributed by atoms with van der Waals surface area (Å²) in [5.74, 6) is 0. The van der Waals surface area contributed by atoms with Crippen molar-refractivity contribution in [1.29, 1.82) is 0 Å². The third-order valence-corrected chi connectivity index (χ3v) is 2.45. The summed E-state index contributed by atoms with van der Waals surface area (Å²) in [6, 6.07) is 6.77. The molecule has 0 aliphatic heterocycles. The molecule has 1 heteroatoms. The van der Waals surface area contributed by atoms with Crippen molar-refractivity contribution < 1.29 is 0 Å². The van der Waals surface area contributed by atoms with Gasteiger partial charge in [0.05, 0.1) is 0 Å². The molecule has 1 aromatic carbocycles. The quantitative estimate of drug-likeness (QED) is 0.703. The van der Waals surface area contributed by atoms with Crippen LogP contribution in [0.25, 0.3) is 0 Å². The highest BCUT2D eigenvalue weighted by Crippen LogP contribution is 2.18. The zero-order valence-electron chi connectivity index (χ0n) is 9.80. The first-order valence-corrected chi connectivity index (χ1v) is 5.50. The molecule has 0 aliphatic rings. The Kier molecular flexibility index (Phi) is 3.99. The molecule has 0 heterocycles. The van der Waals surface area contributed by atoms with Gasteiger partial charge in [0.15, 0.2) is 0 Å². The number of benzene rings is 1. The molecule has 0 fully saturated rings. The van der Waals surface area contributed by atoms with E-state index in [1.54, 1.807) is 0 Å². The molecule has 0 amide bonds. The van der Waals surface area contributed by atoms with Gasteiger partial charge in [0, 0.05) is 18.8 Å². The summed E-state index contributed by atoms with van der Waals surface area (Å²) in [6.45, 7) is 11.0. The maximum atomic E-state index is 2.43. The van der Waals surface area contributed by atoms with Crippen molar-refractivity contribution in [3.05, 3.63) is 29.3 Å². The van der Waals surface area contributed by atoms with Gasteiger partial charge in [0.25, 0.3) is 0 Å². The Morgan fingerprint density at radius 2 is 1.57 bits per heavy atom. The molecular formula is C13H21N. The minimum atomic E-state index is 1.09. The maximum Gasteiger partial charge on any atom is 0.0371 e. The van der Waals surface area contributed by atoms with E-state index < -0.39 is 0 Å². The molecule has 0 unspecified atom stereocenters. The first-order chi connectivity index (χ1) is 6.67. The van der Waals surface area contributed by atoms with Gasteiger partial charge in [-0.2, -0.15) is 0 Å². The molecule has 0 saturated heterocycles. The fraction of sp³-hybridized carbons (Fsp3) is 0.538. The lowest BCUT2D eigenvalue weighted by atomic mass is 10.1. The maximum absolute atomic E-state index is 2.43. The van der Waals surface area contributed by atoms with Crippen molar-refractivity contribution in [2.45, 2.75) is 34.1 Å². The summed E-state index contributed by atoms with van der Waals surface area (Å²) in [7, 11) is 0. The van der Waals surface area contributed by atoms with Gasteiger partial charge in [-0.3, -0.25) is 0 Å². The molecule has 0 bridgehead atoms. The van der Waals surface area contributed by atoms with Crippen molar-refractivity contribution in [3.63, 3.8) is 0 Å². The van der Waals surface area contributed by atoms with Crippen LogP contribution in [-0.4, -0.2) is 13.1 Å². The Balaban J connectivity index is 2.91. The average molecular weight is 191 g/mol. The number of rotatable bonds is 4. The third kappa shape index (κ3) is 2.76. The second-order valence-electron chi connectivity index (χ2n) is 3.93. The van der Waals surface area contributed by atoms with Gasteiger partial charge in [-0.25, -0.2) is 0 Å². The highest BCUT2D eigenvalue weighted by molar-refractivity contribution is 5.50. The highest BCUT2D eigenvalue weighted by Gasteiger charge is 2.03. The Labute approximate surface area is 87.7 Å². The summed E-state index contributed by atoms with van der Waals surface area (Å²) >= 11 is 0. The van der Waals surface area contributed by atoms with E-state index in [4.69, 9.17) is 0 Å². The number of nitrogens with zero attached hydrogens (tertiary/aromatic N) is 1. The zero-order chi connectivity index (χ0) is 10.6. The van der Waals surface area contributed by atoms with Crippen molar-refractivity contribution in [2.24, 2.45) is 0 Å². The van der Waals surface area contributed by atoms with Gasteiger partial charge in [-0.05, 0) is 50.5 Å². The third-order valence-electron chi connectivity index (χ3n) is 2.45. The van der Waals surface area contributed by atoms with E-state index in [2.05, 4.69) is 50.8 Å². The molecule has 0 aliphatic carbocycles. The monoisotopic (exact) mass is 191 g/mol. The Hall–Kier alpha value is -0.980. The first-order valence-electron chi connectivity index (χ1n) is 5.50. The van der Waals surface area contributed by atoms with E-state index in [9.17, 15) is 0 Å². The second-order valence-corrected chi connectivity index (χ2v) is 3.93. The Morgan fingerprint density at radius 3 is 2.00 bits per heavy atom. The van der Waals surface area contributed by atoms with Crippen molar-refractivity contribution in [2.75, 3.05) is 18.0 Å². The van der Waals surface area contributed by atoms with Crippen molar-refractivity contribution in [3.8, 4) is 0 Å². The molecule has 0 spiro atoms. The van der Waals surface area contributed by atoms with E-state index >= 15 is 0 Å². The van der Waals surface area contributed by atoms with Gasteiger partial charge >= 0.3 is 0 Å². The van der Waals surface area contributed by atoms with Crippen LogP contribution in [0.1, 0.15) is 31.4 Å². The molecule has 0 saturated carbocycles. The second kappa shape index (κ2) is 5.04. The fourth-order valence-corrected chi connectivity index (χ4v) is 1.87. The van der Waals surface area contributed by atoms with Crippen LogP contribution in [0, 0.1) is 13.8 Å². The molecule has 0 atom stereocenters. The van der Waals surface area contributed by atoms with E-state index in [0.29, 0.717) is 0 Å². The minimum absolute atomic E-state index is 1.09. The normalized spacial score (nSPS) is 10.3. The van der Waals surface area contributed by atoms with Crippen LogP contribution in [0.4, 0.5) is 5.69 Å². The summed E-state index contributed by atoms with van der Waals surface area (Å²) in [6.07, 6.45) is 1.21. The molecular weight excluding hydrogens is 170 g/mol. The Bertz CT molecular complexity index is 271. The van der Waals surface area contributed by atoms with E-state index in [1.807, 2.05) is 0 Å². The first kappa shape index (κ1) is 11.1. The lowest BCUT2D eigenvalue weighted by molar-refractivity contribution is 0.791. The van der Waals surface area contributed by atoms with Crippen molar-refractivity contribution >= 4 is 5.69 Å². The van der Waals surface area contributed by atoms with Crippen molar-refractivity contribution in [1.82, 2.24) is 0 Å². The number of hydrogen-bond donors (Lipinski definition) is 0. The smallest absolute Gasteiger partial charge is 0.0371 e. The van der Waals surface area contributed by atoms with Gasteiger partial charge in [0.2, 0.25) is 0 Å². The van der Waals surface area contributed by atoms with Crippen LogP contribution in [0.3, 0.4) is 0 Å². The lowest BCUT2D eigenvalue weighted by Crippen LogP contribution is -2.23. The zero-order valence-corrected chi connectivity index (χ0v) is 9.80. The summed E-state index contributed by atoms with van der Waals surface area (Å²) in [5, 5.41) is 0. The van der Waals surface area contributed by atoms with Crippen LogP contribution in [-0.2, 0) is 0 Å². The number of aryl methyl sites for hydroxylation is 2. The molecule has 0 aromatic heterocycles. The van der Waals surface area contributed by atoms with Crippen LogP contribution in [0.15, 0.2) is 18.2 Å². The largest absolute Gasteiger partial charge is 0.372 e. The van der Waals surface area contributed by atoms with Gasteiger partial charge in [-0.15, -0.1) is 0 Å². The average Bonchev–Trinajstić information content (AvgIpc) is 2.12. The van der Waals surface area contributed by atoms with E-state index in [0.717, 1.165) is 13.1 Å². The van der Waals surface area contributed by atoms with Gasteiger partial charge in [-0.1, -0.05) is 13.0 Å². The highest BCUT2D eigenvalue weighted by atomic mass is 15.1. The van der Waals surface area contributed by atoms with Gasteiger partial charge < -0.3 is 4.90 Å². The number of anilines is 1. The fourth-order valence-electron chi connectivity index (χ4n) is 1.87. The predicted octanol–water partition coefficient (Wildman–Crippen LogP) is 3.54. The molecule has 0 N–H and O–H groups in total. The standard InChI is InChI=1S/C13H21N/c1-5-7-14(6-2)13-9-11(3)8-12(4)10-13/h8-10H,5-7H2,1-4H3. The van der Waals surface area contributed by atoms with Crippen LogP contribution >= 0.6 is 0 Å². The summed E-state index contributed by atoms with van der Waals surface area (Å²) < 4.78 is 0. The molecule has 1 aromatic rings. The molecule has 1 nitrogen and oxygen atoms in total. The SMILES string of the molecule is CCCN(CC)c1cc(C)cc(C)c1. The van der Waals surface area contributed by atoms with E-state index in [1.165, 1.54) is 23.2 Å². The minimum Gasteiger partial charge on any atom is -0.372 e. The van der Waals surface area contributed by atoms with Crippen LogP contribution in [0.5, 0.6) is 0 Å².